The van der Waals surface area contributed by atoms with E-state index in [2.05, 4.69) is 0 Å². The highest BCUT2D eigenvalue weighted by molar-refractivity contribution is 5.94. The number of fused-ring (bicyclic) bond motifs is 1. The van der Waals surface area contributed by atoms with Gasteiger partial charge >= 0.3 is 6.09 Å². The maximum Gasteiger partial charge on any atom is 0.416 e. The van der Waals surface area contributed by atoms with E-state index < -0.39 is 6.09 Å². The molecule has 0 spiro atoms. The van der Waals surface area contributed by atoms with Gasteiger partial charge in [-0.3, -0.25) is 0 Å². The number of carboxylic acid groups (broad SMARTS) is 1. The lowest BCUT2D eigenvalue weighted by molar-refractivity contribution is 0.196. The average molecular weight is 191 g/mol. The van der Waals surface area contributed by atoms with Crippen LogP contribution in [0.4, 0.5) is 4.79 Å². The number of rotatable bonds is 0. The predicted molar refractivity (Wildman–Crippen MR) is 51.8 cm³/mol. The van der Waals surface area contributed by atoms with Gasteiger partial charge in [-0.25, -0.2) is 9.36 Å². The van der Waals surface area contributed by atoms with Crippen LogP contribution in [0.25, 0.3) is 10.9 Å². The maximum atomic E-state index is 10.9. The first-order chi connectivity index (χ1) is 6.63. The SMILES string of the molecule is Cc1c(O)c2ccccc2n1C(=O)O. The van der Waals surface area contributed by atoms with Gasteiger partial charge in [-0.1, -0.05) is 12.1 Å². The Hall–Kier alpha value is -1.97. The normalized spacial score (nSPS) is 10.6. The van der Waals surface area contributed by atoms with E-state index in [0.717, 1.165) is 4.57 Å². The smallest absolute Gasteiger partial charge is 0.416 e. The molecule has 1 heterocycles. The zero-order valence-corrected chi connectivity index (χ0v) is 7.56. The number of carbonyl (C=O) groups is 1. The highest BCUT2D eigenvalue weighted by Crippen LogP contribution is 2.30. The summed E-state index contributed by atoms with van der Waals surface area (Å²) >= 11 is 0. The van der Waals surface area contributed by atoms with Gasteiger partial charge in [0.15, 0.2) is 0 Å². The predicted octanol–water partition coefficient (Wildman–Crippen LogP) is 2.18. The minimum Gasteiger partial charge on any atom is -0.505 e. The molecule has 0 saturated heterocycles. The van der Waals surface area contributed by atoms with Crippen molar-refractivity contribution >= 4 is 17.0 Å². The van der Waals surface area contributed by atoms with E-state index >= 15 is 0 Å². The molecular formula is C10H9NO3. The molecule has 4 nitrogen and oxygen atoms in total. The quantitative estimate of drug-likeness (QED) is 0.670. The Balaban J connectivity index is 2.95. The van der Waals surface area contributed by atoms with E-state index in [-0.39, 0.29) is 5.75 Å². The van der Waals surface area contributed by atoms with Crippen LogP contribution < -0.4 is 0 Å². The Labute approximate surface area is 80.0 Å². The number of benzene rings is 1. The summed E-state index contributed by atoms with van der Waals surface area (Å²) in [5.41, 5.74) is 0.855. The first kappa shape index (κ1) is 8.62. The average Bonchev–Trinajstić information content (AvgIpc) is 2.41. The largest absolute Gasteiger partial charge is 0.505 e. The van der Waals surface area contributed by atoms with Crippen molar-refractivity contribution < 1.29 is 15.0 Å². The first-order valence-electron chi connectivity index (χ1n) is 4.15. The van der Waals surface area contributed by atoms with Gasteiger partial charge in [-0.2, -0.15) is 0 Å². The molecule has 0 unspecified atom stereocenters. The van der Waals surface area contributed by atoms with Crippen molar-refractivity contribution in [1.82, 2.24) is 4.57 Å². The summed E-state index contributed by atoms with van der Waals surface area (Å²) in [5.74, 6) is 0.0306. The van der Waals surface area contributed by atoms with Crippen LogP contribution in [0.3, 0.4) is 0 Å². The van der Waals surface area contributed by atoms with E-state index in [9.17, 15) is 9.90 Å². The summed E-state index contributed by atoms with van der Waals surface area (Å²) < 4.78 is 1.07. The molecule has 14 heavy (non-hydrogen) atoms. The molecule has 0 saturated carbocycles. The first-order valence-corrected chi connectivity index (χ1v) is 4.15. The van der Waals surface area contributed by atoms with Crippen LogP contribution in [0.1, 0.15) is 5.69 Å². The number of hydrogen-bond acceptors (Lipinski definition) is 2. The third kappa shape index (κ3) is 0.970. The van der Waals surface area contributed by atoms with Crippen molar-refractivity contribution in [2.75, 3.05) is 0 Å². The van der Waals surface area contributed by atoms with E-state index in [4.69, 9.17) is 5.11 Å². The highest BCUT2D eigenvalue weighted by Gasteiger charge is 2.16. The van der Waals surface area contributed by atoms with Crippen LogP contribution in [0.2, 0.25) is 0 Å². The highest BCUT2D eigenvalue weighted by atomic mass is 16.4. The Morgan fingerprint density at radius 2 is 2.00 bits per heavy atom. The second-order valence-electron chi connectivity index (χ2n) is 3.07. The number of aromatic nitrogens is 1. The van der Waals surface area contributed by atoms with Gasteiger partial charge < -0.3 is 10.2 Å². The summed E-state index contributed by atoms with van der Waals surface area (Å²) in [6.07, 6.45) is -1.08. The molecule has 0 aliphatic heterocycles. The Bertz CT molecular complexity index is 513. The van der Waals surface area contributed by atoms with Crippen molar-refractivity contribution in [3.63, 3.8) is 0 Å². The standard InChI is InChI=1S/C10H9NO3/c1-6-9(12)7-4-2-3-5-8(7)11(6)10(13)14/h2-5,12H,1H3,(H,13,14). The monoisotopic (exact) mass is 191 g/mol. The molecular weight excluding hydrogens is 182 g/mol. The van der Waals surface area contributed by atoms with Gasteiger partial charge in [0.05, 0.1) is 11.2 Å². The van der Waals surface area contributed by atoms with Crippen LogP contribution in [0.15, 0.2) is 24.3 Å². The summed E-state index contributed by atoms with van der Waals surface area (Å²) in [6, 6.07) is 6.85. The van der Waals surface area contributed by atoms with Gasteiger partial charge in [-0.05, 0) is 19.1 Å². The second kappa shape index (κ2) is 2.77. The van der Waals surface area contributed by atoms with Crippen LogP contribution in [-0.4, -0.2) is 20.9 Å². The van der Waals surface area contributed by atoms with Gasteiger partial charge in [0.2, 0.25) is 0 Å². The molecule has 2 rings (SSSR count). The molecule has 0 fully saturated rings. The van der Waals surface area contributed by atoms with Crippen LogP contribution in [-0.2, 0) is 0 Å². The third-order valence-corrected chi connectivity index (χ3v) is 2.27. The van der Waals surface area contributed by atoms with E-state index in [0.29, 0.717) is 16.6 Å². The zero-order chi connectivity index (χ0) is 10.3. The second-order valence-corrected chi connectivity index (χ2v) is 3.07. The molecule has 0 aliphatic rings. The lowest BCUT2D eigenvalue weighted by Gasteiger charge is -1.98. The van der Waals surface area contributed by atoms with Crippen molar-refractivity contribution in [3.05, 3.63) is 30.0 Å². The van der Waals surface area contributed by atoms with Crippen molar-refractivity contribution in [3.8, 4) is 5.75 Å². The Morgan fingerprint density at radius 1 is 1.36 bits per heavy atom. The lowest BCUT2D eigenvalue weighted by Crippen LogP contribution is -2.08. The minimum atomic E-state index is -1.08. The van der Waals surface area contributed by atoms with E-state index in [1.165, 1.54) is 0 Å². The Morgan fingerprint density at radius 3 is 2.64 bits per heavy atom. The molecule has 72 valence electrons. The van der Waals surface area contributed by atoms with Crippen molar-refractivity contribution in [2.45, 2.75) is 6.92 Å². The Kier molecular flexibility index (Phi) is 1.70. The fourth-order valence-electron chi connectivity index (χ4n) is 1.60. The van der Waals surface area contributed by atoms with Gasteiger partial charge in [0, 0.05) is 5.39 Å². The van der Waals surface area contributed by atoms with Crippen molar-refractivity contribution in [2.24, 2.45) is 0 Å². The summed E-state index contributed by atoms with van der Waals surface area (Å²) in [6.45, 7) is 1.57. The number of aromatic hydroxyl groups is 1. The summed E-state index contributed by atoms with van der Waals surface area (Å²) in [4.78, 5) is 10.9. The van der Waals surface area contributed by atoms with Gasteiger partial charge in [0.25, 0.3) is 0 Å². The molecule has 1 aromatic heterocycles. The molecule has 0 radical (unpaired) electrons. The molecule has 0 amide bonds. The summed E-state index contributed by atoms with van der Waals surface area (Å²) in [5, 5.41) is 19.1. The van der Waals surface area contributed by atoms with E-state index in [1.54, 1.807) is 31.2 Å². The van der Waals surface area contributed by atoms with Gasteiger partial charge in [-0.15, -0.1) is 0 Å². The molecule has 4 heteroatoms. The number of hydrogen-bond donors (Lipinski definition) is 2. The molecule has 0 aliphatic carbocycles. The van der Waals surface area contributed by atoms with Crippen LogP contribution >= 0.6 is 0 Å². The minimum absolute atomic E-state index is 0.0306. The molecule has 2 aromatic rings. The van der Waals surface area contributed by atoms with Crippen LogP contribution in [0, 0.1) is 6.92 Å². The van der Waals surface area contributed by atoms with E-state index in [1.807, 2.05) is 0 Å². The number of para-hydroxylation sites is 1. The number of nitrogens with zero attached hydrogens (tertiary/aromatic N) is 1. The molecule has 0 bridgehead atoms. The molecule has 1 aromatic carbocycles. The lowest BCUT2D eigenvalue weighted by atomic mass is 10.2. The molecule has 2 N–H and O–H groups in total. The maximum absolute atomic E-state index is 10.9. The van der Waals surface area contributed by atoms with Crippen LogP contribution in [0.5, 0.6) is 5.75 Å². The third-order valence-electron chi connectivity index (χ3n) is 2.27. The summed E-state index contributed by atoms with van der Waals surface area (Å²) in [7, 11) is 0. The zero-order valence-electron chi connectivity index (χ0n) is 7.56. The fourth-order valence-corrected chi connectivity index (χ4v) is 1.60. The fraction of sp³-hybridized carbons (Fsp3) is 0.100. The van der Waals surface area contributed by atoms with Crippen molar-refractivity contribution in [1.29, 1.82) is 0 Å². The topological polar surface area (TPSA) is 62.5 Å². The van der Waals surface area contributed by atoms with Gasteiger partial charge in [0.1, 0.15) is 5.75 Å². The molecule has 0 atom stereocenters.